The SMILES string of the molecule is C1CC(NCC2CCN(C3CC3)C2)CCN1. The maximum Gasteiger partial charge on any atom is 0.00965 e. The molecule has 2 aliphatic heterocycles. The van der Waals surface area contributed by atoms with Crippen LogP contribution in [0.25, 0.3) is 0 Å². The van der Waals surface area contributed by atoms with Crippen LogP contribution in [0.2, 0.25) is 0 Å². The molecule has 3 aliphatic rings. The van der Waals surface area contributed by atoms with Crippen LogP contribution < -0.4 is 10.6 Å². The van der Waals surface area contributed by atoms with Crippen LogP contribution >= 0.6 is 0 Å². The van der Waals surface area contributed by atoms with Crippen molar-refractivity contribution >= 4 is 0 Å². The molecule has 1 atom stereocenters. The van der Waals surface area contributed by atoms with E-state index in [-0.39, 0.29) is 0 Å². The number of nitrogens with zero attached hydrogens (tertiary/aromatic N) is 1. The lowest BCUT2D eigenvalue weighted by molar-refractivity contribution is 0.303. The number of nitrogens with one attached hydrogen (secondary N) is 2. The Bertz CT molecular complexity index is 221. The van der Waals surface area contributed by atoms with E-state index in [1.54, 1.807) is 0 Å². The summed E-state index contributed by atoms with van der Waals surface area (Å²) in [7, 11) is 0. The topological polar surface area (TPSA) is 27.3 Å². The average molecular weight is 223 g/mol. The molecule has 0 aromatic rings. The molecule has 3 heteroatoms. The van der Waals surface area contributed by atoms with E-state index in [0.717, 1.165) is 18.0 Å². The van der Waals surface area contributed by atoms with Gasteiger partial charge in [0.2, 0.25) is 0 Å². The van der Waals surface area contributed by atoms with Crippen molar-refractivity contribution in [1.29, 1.82) is 0 Å². The molecular weight excluding hydrogens is 198 g/mol. The highest BCUT2D eigenvalue weighted by molar-refractivity contribution is 4.90. The Morgan fingerprint density at radius 1 is 1.06 bits per heavy atom. The van der Waals surface area contributed by atoms with Crippen molar-refractivity contribution in [3.8, 4) is 0 Å². The van der Waals surface area contributed by atoms with Crippen LogP contribution in [0.3, 0.4) is 0 Å². The Balaban J connectivity index is 1.35. The van der Waals surface area contributed by atoms with Gasteiger partial charge < -0.3 is 15.5 Å². The van der Waals surface area contributed by atoms with E-state index >= 15 is 0 Å². The molecule has 0 amide bonds. The van der Waals surface area contributed by atoms with Gasteiger partial charge in [-0.3, -0.25) is 0 Å². The van der Waals surface area contributed by atoms with Gasteiger partial charge in [0.1, 0.15) is 0 Å². The van der Waals surface area contributed by atoms with Crippen LogP contribution in [0, 0.1) is 5.92 Å². The molecule has 2 heterocycles. The summed E-state index contributed by atoms with van der Waals surface area (Å²) in [6, 6.07) is 1.76. The summed E-state index contributed by atoms with van der Waals surface area (Å²) in [4.78, 5) is 2.72. The number of rotatable bonds is 4. The van der Waals surface area contributed by atoms with E-state index in [9.17, 15) is 0 Å². The van der Waals surface area contributed by atoms with Crippen LogP contribution in [-0.2, 0) is 0 Å². The molecule has 2 N–H and O–H groups in total. The summed E-state index contributed by atoms with van der Waals surface area (Å²) in [6.45, 7) is 6.40. The van der Waals surface area contributed by atoms with E-state index < -0.39 is 0 Å². The van der Waals surface area contributed by atoms with Gasteiger partial charge in [0.25, 0.3) is 0 Å². The van der Waals surface area contributed by atoms with Gasteiger partial charge in [0.15, 0.2) is 0 Å². The fraction of sp³-hybridized carbons (Fsp3) is 1.00. The van der Waals surface area contributed by atoms with Gasteiger partial charge in [-0.05, 0) is 64.2 Å². The molecule has 92 valence electrons. The highest BCUT2D eigenvalue weighted by Crippen LogP contribution is 2.31. The smallest absolute Gasteiger partial charge is 0.00965 e. The Kier molecular flexibility index (Phi) is 3.46. The van der Waals surface area contributed by atoms with Crippen LogP contribution in [0.4, 0.5) is 0 Å². The maximum absolute atomic E-state index is 3.78. The molecule has 3 rings (SSSR count). The van der Waals surface area contributed by atoms with Crippen molar-refractivity contribution in [3.63, 3.8) is 0 Å². The van der Waals surface area contributed by atoms with Gasteiger partial charge in [-0.25, -0.2) is 0 Å². The molecule has 0 spiro atoms. The maximum atomic E-state index is 3.78. The zero-order valence-corrected chi connectivity index (χ0v) is 10.3. The summed E-state index contributed by atoms with van der Waals surface area (Å²) < 4.78 is 0. The molecule has 1 aliphatic carbocycles. The summed E-state index contributed by atoms with van der Waals surface area (Å²) in [5.41, 5.74) is 0. The predicted octanol–water partition coefficient (Wildman–Crippen LogP) is 0.812. The van der Waals surface area contributed by atoms with Gasteiger partial charge >= 0.3 is 0 Å². The van der Waals surface area contributed by atoms with Crippen molar-refractivity contribution in [2.45, 2.75) is 44.2 Å². The highest BCUT2D eigenvalue weighted by Gasteiger charge is 2.34. The van der Waals surface area contributed by atoms with Gasteiger partial charge in [-0.1, -0.05) is 0 Å². The molecule has 0 radical (unpaired) electrons. The molecule has 1 unspecified atom stereocenters. The molecule has 3 fully saturated rings. The van der Waals surface area contributed by atoms with Crippen molar-refractivity contribution in [2.24, 2.45) is 5.92 Å². The molecule has 0 bridgehead atoms. The highest BCUT2D eigenvalue weighted by atomic mass is 15.2. The minimum Gasteiger partial charge on any atom is -0.317 e. The van der Waals surface area contributed by atoms with Crippen LogP contribution in [0.5, 0.6) is 0 Å². The lowest BCUT2D eigenvalue weighted by atomic mass is 10.0. The predicted molar refractivity (Wildman–Crippen MR) is 66.6 cm³/mol. The van der Waals surface area contributed by atoms with E-state index in [2.05, 4.69) is 15.5 Å². The number of piperidine rings is 1. The summed E-state index contributed by atoms with van der Waals surface area (Å²) in [6.07, 6.45) is 7.00. The van der Waals surface area contributed by atoms with E-state index in [1.165, 1.54) is 64.8 Å². The minimum absolute atomic E-state index is 0.788. The fourth-order valence-corrected chi connectivity index (χ4v) is 3.16. The largest absolute Gasteiger partial charge is 0.317 e. The molecular formula is C13H25N3. The quantitative estimate of drug-likeness (QED) is 0.739. The summed E-state index contributed by atoms with van der Waals surface area (Å²) in [5, 5.41) is 7.20. The second-order valence-electron chi connectivity index (χ2n) is 5.81. The first-order valence-electron chi connectivity index (χ1n) is 7.10. The number of likely N-dealkylation sites (tertiary alicyclic amines) is 1. The van der Waals surface area contributed by atoms with Crippen molar-refractivity contribution < 1.29 is 0 Å². The zero-order valence-electron chi connectivity index (χ0n) is 10.3. The van der Waals surface area contributed by atoms with E-state index in [1.807, 2.05) is 0 Å². The lowest BCUT2D eigenvalue weighted by Gasteiger charge is -2.25. The first-order chi connectivity index (χ1) is 7.92. The molecule has 0 aromatic heterocycles. The van der Waals surface area contributed by atoms with Crippen LogP contribution in [0.1, 0.15) is 32.1 Å². The van der Waals surface area contributed by atoms with Crippen LogP contribution in [-0.4, -0.2) is 49.7 Å². The molecule has 2 saturated heterocycles. The molecule has 1 saturated carbocycles. The lowest BCUT2D eigenvalue weighted by Crippen LogP contribution is -2.42. The van der Waals surface area contributed by atoms with Gasteiger partial charge in [-0.15, -0.1) is 0 Å². The Hall–Kier alpha value is -0.120. The number of hydrogen-bond acceptors (Lipinski definition) is 3. The summed E-state index contributed by atoms with van der Waals surface area (Å²) >= 11 is 0. The van der Waals surface area contributed by atoms with Gasteiger partial charge in [0.05, 0.1) is 0 Å². The molecule has 3 nitrogen and oxygen atoms in total. The van der Waals surface area contributed by atoms with Crippen molar-refractivity contribution in [1.82, 2.24) is 15.5 Å². The Morgan fingerprint density at radius 2 is 1.88 bits per heavy atom. The van der Waals surface area contributed by atoms with E-state index in [0.29, 0.717) is 0 Å². The third-order valence-electron chi connectivity index (χ3n) is 4.41. The minimum atomic E-state index is 0.788. The Labute approximate surface area is 99.0 Å². The molecule has 16 heavy (non-hydrogen) atoms. The first kappa shape index (κ1) is 11.0. The second-order valence-corrected chi connectivity index (χ2v) is 5.81. The van der Waals surface area contributed by atoms with Gasteiger partial charge in [0, 0.05) is 18.6 Å². The first-order valence-corrected chi connectivity index (χ1v) is 7.10. The summed E-state index contributed by atoms with van der Waals surface area (Å²) in [5.74, 6) is 0.926. The molecule has 0 aromatic carbocycles. The van der Waals surface area contributed by atoms with Gasteiger partial charge in [-0.2, -0.15) is 0 Å². The standard InChI is InChI=1S/C13H25N3/c1-2-13(1)16-8-5-11(10-16)9-15-12-3-6-14-7-4-12/h11-15H,1-10H2. The normalized spacial score (nSPS) is 33.4. The fourth-order valence-electron chi connectivity index (χ4n) is 3.16. The Morgan fingerprint density at radius 3 is 2.62 bits per heavy atom. The number of hydrogen-bond donors (Lipinski definition) is 2. The monoisotopic (exact) mass is 223 g/mol. The van der Waals surface area contributed by atoms with Crippen molar-refractivity contribution in [2.75, 3.05) is 32.7 Å². The average Bonchev–Trinajstić information content (AvgIpc) is 3.08. The second kappa shape index (κ2) is 5.03. The third kappa shape index (κ3) is 2.76. The van der Waals surface area contributed by atoms with E-state index in [4.69, 9.17) is 0 Å². The third-order valence-corrected chi connectivity index (χ3v) is 4.41. The van der Waals surface area contributed by atoms with Crippen LogP contribution in [0.15, 0.2) is 0 Å². The van der Waals surface area contributed by atoms with Crippen molar-refractivity contribution in [3.05, 3.63) is 0 Å². The zero-order chi connectivity index (χ0) is 10.8.